The van der Waals surface area contributed by atoms with Crippen LogP contribution in [0.25, 0.3) is 0 Å². The van der Waals surface area contributed by atoms with Crippen molar-refractivity contribution < 1.29 is 4.79 Å². The SMILES string of the molecule is CCCC(C)(C)NC(=O)c1ccccc1NC. The van der Waals surface area contributed by atoms with Gasteiger partial charge in [-0.3, -0.25) is 4.79 Å². The van der Waals surface area contributed by atoms with Crippen molar-refractivity contribution in [2.45, 2.75) is 39.2 Å². The molecule has 1 amide bonds. The number of carbonyl (C=O) groups is 1. The van der Waals surface area contributed by atoms with E-state index in [1.165, 1.54) is 0 Å². The first kappa shape index (κ1) is 13.6. The van der Waals surface area contributed by atoms with Crippen molar-refractivity contribution in [3.8, 4) is 0 Å². The first-order valence-electron chi connectivity index (χ1n) is 6.09. The quantitative estimate of drug-likeness (QED) is 0.822. The van der Waals surface area contributed by atoms with Gasteiger partial charge in [0.2, 0.25) is 0 Å². The van der Waals surface area contributed by atoms with Crippen LogP contribution in [0.3, 0.4) is 0 Å². The van der Waals surface area contributed by atoms with E-state index in [1.54, 1.807) is 0 Å². The van der Waals surface area contributed by atoms with Gasteiger partial charge in [0, 0.05) is 18.3 Å². The molecular weight excluding hydrogens is 212 g/mol. The number of hydrogen-bond acceptors (Lipinski definition) is 2. The molecule has 0 unspecified atom stereocenters. The molecule has 0 fully saturated rings. The summed E-state index contributed by atoms with van der Waals surface area (Å²) in [4.78, 5) is 12.2. The lowest BCUT2D eigenvalue weighted by Gasteiger charge is -2.26. The van der Waals surface area contributed by atoms with Gasteiger partial charge in [0.05, 0.1) is 5.56 Å². The summed E-state index contributed by atoms with van der Waals surface area (Å²) in [5.41, 5.74) is 1.39. The molecule has 0 saturated carbocycles. The van der Waals surface area contributed by atoms with Gasteiger partial charge in [-0.05, 0) is 32.4 Å². The molecule has 2 N–H and O–H groups in total. The molecule has 0 aromatic heterocycles. The second-order valence-corrected chi connectivity index (χ2v) is 4.88. The van der Waals surface area contributed by atoms with Crippen molar-refractivity contribution in [3.05, 3.63) is 29.8 Å². The predicted molar refractivity (Wildman–Crippen MR) is 72.4 cm³/mol. The van der Waals surface area contributed by atoms with Crippen molar-refractivity contribution in [3.63, 3.8) is 0 Å². The fourth-order valence-electron chi connectivity index (χ4n) is 1.96. The zero-order valence-corrected chi connectivity index (χ0v) is 11.1. The van der Waals surface area contributed by atoms with Gasteiger partial charge in [0.15, 0.2) is 0 Å². The van der Waals surface area contributed by atoms with Crippen LogP contribution < -0.4 is 10.6 Å². The molecule has 0 aliphatic carbocycles. The smallest absolute Gasteiger partial charge is 0.253 e. The van der Waals surface area contributed by atoms with Crippen LogP contribution in [-0.4, -0.2) is 18.5 Å². The topological polar surface area (TPSA) is 41.1 Å². The largest absolute Gasteiger partial charge is 0.387 e. The molecule has 0 spiro atoms. The minimum Gasteiger partial charge on any atom is -0.387 e. The minimum atomic E-state index is -0.160. The third-order valence-corrected chi connectivity index (χ3v) is 2.77. The standard InChI is InChI=1S/C14H22N2O/c1-5-10-14(2,3)16-13(17)11-8-6-7-9-12(11)15-4/h6-9,15H,5,10H2,1-4H3,(H,16,17). The van der Waals surface area contributed by atoms with Crippen molar-refractivity contribution >= 4 is 11.6 Å². The number of anilines is 1. The average Bonchev–Trinajstić information content (AvgIpc) is 2.28. The highest BCUT2D eigenvalue weighted by molar-refractivity contribution is 5.99. The zero-order valence-electron chi connectivity index (χ0n) is 11.1. The Kier molecular flexibility index (Phi) is 4.55. The minimum absolute atomic E-state index is 0.0200. The van der Waals surface area contributed by atoms with Crippen molar-refractivity contribution in [1.82, 2.24) is 5.32 Å². The third kappa shape index (κ3) is 3.77. The van der Waals surface area contributed by atoms with Crippen molar-refractivity contribution in [1.29, 1.82) is 0 Å². The molecule has 1 aromatic carbocycles. The molecule has 1 rings (SSSR count). The number of benzene rings is 1. The van der Waals surface area contributed by atoms with Gasteiger partial charge in [-0.25, -0.2) is 0 Å². The van der Waals surface area contributed by atoms with Crippen LogP contribution in [0.15, 0.2) is 24.3 Å². The molecule has 3 heteroatoms. The Bertz CT molecular complexity index is 386. The van der Waals surface area contributed by atoms with E-state index in [0.717, 1.165) is 18.5 Å². The summed E-state index contributed by atoms with van der Waals surface area (Å²) in [6.07, 6.45) is 2.03. The van der Waals surface area contributed by atoms with Crippen LogP contribution in [-0.2, 0) is 0 Å². The highest BCUT2D eigenvalue weighted by Crippen LogP contribution is 2.17. The highest BCUT2D eigenvalue weighted by atomic mass is 16.1. The normalized spacial score (nSPS) is 11.1. The van der Waals surface area contributed by atoms with Gasteiger partial charge in [0.25, 0.3) is 5.91 Å². The molecule has 0 aliphatic heterocycles. The number of nitrogens with one attached hydrogen (secondary N) is 2. The lowest BCUT2D eigenvalue weighted by Crippen LogP contribution is -2.43. The third-order valence-electron chi connectivity index (χ3n) is 2.77. The van der Waals surface area contributed by atoms with Crippen molar-refractivity contribution in [2.24, 2.45) is 0 Å². The maximum atomic E-state index is 12.2. The van der Waals surface area contributed by atoms with Crippen LogP contribution in [0, 0.1) is 0 Å². The first-order valence-corrected chi connectivity index (χ1v) is 6.09. The van der Waals surface area contributed by atoms with Crippen LogP contribution in [0.2, 0.25) is 0 Å². The molecular formula is C14H22N2O. The number of amides is 1. The van der Waals surface area contributed by atoms with Gasteiger partial charge in [-0.2, -0.15) is 0 Å². The van der Waals surface area contributed by atoms with Crippen LogP contribution in [0.4, 0.5) is 5.69 Å². The molecule has 0 bridgehead atoms. The Morgan fingerprint density at radius 1 is 1.29 bits per heavy atom. The lowest BCUT2D eigenvalue weighted by molar-refractivity contribution is 0.0910. The Morgan fingerprint density at radius 2 is 1.94 bits per heavy atom. The summed E-state index contributed by atoms with van der Waals surface area (Å²) in [5.74, 6) is -0.0200. The molecule has 3 nitrogen and oxygen atoms in total. The summed E-state index contributed by atoms with van der Waals surface area (Å²) in [7, 11) is 1.82. The molecule has 0 aliphatic rings. The van der Waals surface area contributed by atoms with Crippen LogP contribution in [0.5, 0.6) is 0 Å². The van der Waals surface area contributed by atoms with E-state index >= 15 is 0 Å². The molecule has 0 atom stereocenters. The zero-order chi connectivity index (χ0) is 12.9. The Labute approximate surface area is 104 Å². The second-order valence-electron chi connectivity index (χ2n) is 4.88. The fourth-order valence-corrected chi connectivity index (χ4v) is 1.96. The van der Waals surface area contributed by atoms with E-state index in [4.69, 9.17) is 0 Å². The molecule has 17 heavy (non-hydrogen) atoms. The van der Waals surface area contributed by atoms with E-state index < -0.39 is 0 Å². The summed E-state index contributed by atoms with van der Waals surface area (Å²) in [6.45, 7) is 6.22. The Balaban J connectivity index is 2.83. The fraction of sp³-hybridized carbons (Fsp3) is 0.500. The maximum Gasteiger partial charge on any atom is 0.253 e. The predicted octanol–water partition coefficient (Wildman–Crippen LogP) is 3.04. The number of rotatable bonds is 5. The summed E-state index contributed by atoms with van der Waals surface area (Å²) in [5, 5.41) is 6.10. The lowest BCUT2D eigenvalue weighted by atomic mass is 9.98. The molecule has 1 aromatic rings. The summed E-state index contributed by atoms with van der Waals surface area (Å²) >= 11 is 0. The van der Waals surface area contributed by atoms with E-state index in [9.17, 15) is 4.79 Å². The monoisotopic (exact) mass is 234 g/mol. The van der Waals surface area contributed by atoms with Crippen LogP contribution in [0.1, 0.15) is 44.0 Å². The summed E-state index contributed by atoms with van der Waals surface area (Å²) in [6, 6.07) is 7.54. The van der Waals surface area contributed by atoms with E-state index in [0.29, 0.717) is 5.56 Å². The maximum absolute atomic E-state index is 12.2. The molecule has 0 radical (unpaired) electrons. The Hall–Kier alpha value is -1.51. The first-order chi connectivity index (χ1) is 8.00. The van der Waals surface area contributed by atoms with Crippen LogP contribution >= 0.6 is 0 Å². The van der Waals surface area contributed by atoms with E-state index in [2.05, 4.69) is 31.4 Å². The molecule has 94 valence electrons. The van der Waals surface area contributed by atoms with Gasteiger partial charge in [-0.15, -0.1) is 0 Å². The van der Waals surface area contributed by atoms with Gasteiger partial charge in [0.1, 0.15) is 0 Å². The Morgan fingerprint density at radius 3 is 2.53 bits per heavy atom. The number of hydrogen-bond donors (Lipinski definition) is 2. The molecule has 0 heterocycles. The van der Waals surface area contributed by atoms with Gasteiger partial charge >= 0.3 is 0 Å². The number of para-hydroxylation sites is 1. The average molecular weight is 234 g/mol. The highest BCUT2D eigenvalue weighted by Gasteiger charge is 2.21. The van der Waals surface area contributed by atoms with E-state index in [1.807, 2.05) is 31.3 Å². The van der Waals surface area contributed by atoms with Crippen molar-refractivity contribution in [2.75, 3.05) is 12.4 Å². The number of carbonyl (C=O) groups excluding carboxylic acids is 1. The van der Waals surface area contributed by atoms with Gasteiger partial charge < -0.3 is 10.6 Å². The van der Waals surface area contributed by atoms with E-state index in [-0.39, 0.29) is 11.4 Å². The summed E-state index contributed by atoms with van der Waals surface area (Å²) < 4.78 is 0. The second kappa shape index (κ2) is 5.71. The molecule has 0 saturated heterocycles. The van der Waals surface area contributed by atoms with Gasteiger partial charge in [-0.1, -0.05) is 25.5 Å².